The maximum absolute atomic E-state index is 17.1. The number of aromatic hydroxyl groups is 1. The van der Waals surface area contributed by atoms with Gasteiger partial charge in [0.1, 0.15) is 46.8 Å². The number of terminal acetylenes is 1. The number of carbonyl (C=O) groups is 5. The molecule has 0 spiro atoms. The fourth-order valence-corrected chi connectivity index (χ4v) is 15.1. The number of phenolic OH excluding ortho intramolecular Hbond substituents is 1. The van der Waals surface area contributed by atoms with Crippen molar-refractivity contribution in [1.29, 1.82) is 0 Å². The van der Waals surface area contributed by atoms with E-state index in [2.05, 4.69) is 46.6 Å². The Morgan fingerprint density at radius 3 is 2.22 bits per heavy atom. The van der Waals surface area contributed by atoms with Gasteiger partial charge in [0.2, 0.25) is 23.6 Å². The molecule has 0 radical (unpaired) electrons. The number of alkyl halides is 1. The van der Waals surface area contributed by atoms with Crippen LogP contribution in [0.25, 0.3) is 43.4 Å². The van der Waals surface area contributed by atoms with Gasteiger partial charge >= 0.3 is 6.01 Å². The van der Waals surface area contributed by atoms with Crippen molar-refractivity contribution in [3.63, 3.8) is 0 Å². The number of amides is 5. The number of carbonyl (C=O) groups excluding carboxylic acids is 5. The fraction of sp³-hybridized carbons (Fsp3) is 0.535. The second-order valence-corrected chi connectivity index (χ2v) is 28.7. The third kappa shape index (κ3) is 15.0. The lowest BCUT2D eigenvalue weighted by atomic mass is 9.85. The van der Waals surface area contributed by atoms with E-state index < -0.39 is 64.7 Å². The molecule has 5 amide bonds. The zero-order chi connectivity index (χ0) is 66.9. The summed E-state index contributed by atoms with van der Waals surface area (Å²) in [4.78, 5) is 98.1. The number of fused-ring (bicyclic) bond motifs is 4. The molecule has 1 saturated carbocycles. The molecule has 12 rings (SSSR count). The second kappa shape index (κ2) is 28.4. The summed E-state index contributed by atoms with van der Waals surface area (Å²) in [5, 5.41) is 32.0. The number of ether oxygens (including phenoxy) is 1. The Balaban J connectivity index is 0.590. The molecule has 4 unspecified atom stereocenters. The summed E-state index contributed by atoms with van der Waals surface area (Å²) >= 11 is 1.51. The standard InChI is InChI=1S/C71H85F3N12O8S/c1-6-51-54(72)22-19-45-32-48(87)33-52(59(45)51)61-60(73)62-53(36-75-61)65(85-37-46-20-21-47(38-85)77-46)81-69(79-62)94-50-23-27-82(40-50)26-13-11-9-7-8-10-12-14-57(89)83-28-30-84(31-29-83)58(90)35-55(43-15-17-44(18-16-43)63-42(2)76-41-95-63)78-66(91)56-34-49(88)39-86(56)67(92)64(70(3,4)5)80-68(93)71(74)24-25-71/h1,15-19,22,32-33,36,41,46-47,49-50,55-56,64,77,87-88H,7-14,20-21,23-31,34-35,37-40H2,2-5H3,(H,78,91)(H,80,93)/t46?,47?,49?,50?,55-,56-,64+/m0/s1. The van der Waals surface area contributed by atoms with Crippen molar-refractivity contribution in [3.8, 4) is 45.8 Å². The number of aryl methyl sites for hydroxylation is 1. The SMILES string of the molecule is C#Cc1c(F)ccc2cc(O)cc(-c3ncc4c(N5CC6CCC(C5)N6)nc(OC5CCN(CCCCCCCCCC(=O)N6CCN(C(=O)C[C@H](NC(=O)[C@@H]7CC(O)CN7C(=O)[C@@H](NC(=O)C7(F)CC7)C(C)(C)C)c7ccc(-c8scnc8C)cc7)CC6)C5)nc4c3F)c12. The molecule has 6 fully saturated rings. The molecule has 3 aromatic carbocycles. The van der Waals surface area contributed by atoms with Gasteiger partial charge in [0.25, 0.3) is 5.91 Å². The first kappa shape index (κ1) is 67.0. The number of anilines is 1. The Morgan fingerprint density at radius 1 is 0.853 bits per heavy atom. The number of pyridine rings is 1. The van der Waals surface area contributed by atoms with E-state index in [9.17, 15) is 38.6 Å². The monoisotopic (exact) mass is 1320 g/mol. The lowest BCUT2D eigenvalue weighted by Crippen LogP contribution is -2.59. The third-order valence-electron chi connectivity index (χ3n) is 19.8. The Morgan fingerprint density at radius 2 is 1.55 bits per heavy atom. The summed E-state index contributed by atoms with van der Waals surface area (Å²) < 4.78 is 53.6. The van der Waals surface area contributed by atoms with Gasteiger partial charge in [0, 0.05) is 101 Å². The van der Waals surface area contributed by atoms with Gasteiger partial charge in [0.05, 0.1) is 45.6 Å². The minimum Gasteiger partial charge on any atom is -0.508 e. The number of hydrogen-bond donors (Lipinski definition) is 5. The van der Waals surface area contributed by atoms with Crippen LogP contribution in [0.15, 0.2) is 60.2 Å². The van der Waals surface area contributed by atoms with E-state index in [4.69, 9.17) is 16.1 Å². The first-order valence-electron chi connectivity index (χ1n) is 33.6. The molecular formula is C71H85F3N12O8S. The van der Waals surface area contributed by atoms with Crippen LogP contribution in [0.4, 0.5) is 19.0 Å². The smallest absolute Gasteiger partial charge is 0.319 e. The molecule has 24 heteroatoms. The number of thiazole rings is 1. The summed E-state index contributed by atoms with van der Waals surface area (Å²) in [5.41, 5.74) is 1.32. The molecule has 5 saturated heterocycles. The highest BCUT2D eigenvalue weighted by Crippen LogP contribution is 2.42. The van der Waals surface area contributed by atoms with Crippen LogP contribution in [0, 0.1) is 36.3 Å². The van der Waals surface area contributed by atoms with Gasteiger partial charge in [-0.2, -0.15) is 9.97 Å². The third-order valence-corrected chi connectivity index (χ3v) is 20.8. The number of halogens is 3. The van der Waals surface area contributed by atoms with E-state index in [-0.39, 0.29) is 102 Å². The van der Waals surface area contributed by atoms with Crippen LogP contribution in [0.5, 0.6) is 11.8 Å². The highest BCUT2D eigenvalue weighted by molar-refractivity contribution is 7.13. The number of piperazine rings is 2. The number of aromatic nitrogens is 4. The quantitative estimate of drug-likeness (QED) is 0.0298. The van der Waals surface area contributed by atoms with Gasteiger partial charge in [-0.05, 0) is 98.5 Å². The van der Waals surface area contributed by atoms with Gasteiger partial charge in [-0.25, -0.2) is 18.2 Å². The predicted molar refractivity (Wildman–Crippen MR) is 356 cm³/mol. The van der Waals surface area contributed by atoms with Crippen LogP contribution in [0.3, 0.4) is 0 Å². The number of β-amino-alcohol motifs (C(OH)–C–C–N with tert-alkyl or cyclic N) is 1. The molecule has 6 aliphatic rings. The average Bonchev–Trinajstić information content (AvgIpc) is 1.40. The Hall–Kier alpha value is -7.98. The fourth-order valence-electron chi connectivity index (χ4n) is 14.3. The molecule has 6 aromatic rings. The number of rotatable bonds is 23. The molecule has 1 aliphatic carbocycles. The molecule has 20 nitrogen and oxygen atoms in total. The van der Waals surface area contributed by atoms with Crippen LogP contribution in [-0.4, -0.2) is 187 Å². The summed E-state index contributed by atoms with van der Waals surface area (Å²) in [6, 6.07) is 10.5. The summed E-state index contributed by atoms with van der Waals surface area (Å²) in [6.45, 7) is 12.2. The maximum Gasteiger partial charge on any atom is 0.319 e. The maximum atomic E-state index is 17.1. The highest BCUT2D eigenvalue weighted by Gasteiger charge is 2.53. The van der Waals surface area contributed by atoms with Gasteiger partial charge in [-0.3, -0.25) is 33.9 Å². The number of hydrogen-bond acceptors (Lipinski definition) is 16. The van der Waals surface area contributed by atoms with E-state index in [0.717, 1.165) is 93.4 Å². The van der Waals surface area contributed by atoms with Crippen LogP contribution >= 0.6 is 11.3 Å². The molecule has 3 aromatic heterocycles. The minimum atomic E-state index is -2.02. The van der Waals surface area contributed by atoms with Crippen molar-refractivity contribution in [2.75, 3.05) is 70.3 Å². The summed E-state index contributed by atoms with van der Waals surface area (Å²) in [5.74, 6) is -0.809. The highest BCUT2D eigenvalue weighted by atomic mass is 32.1. The zero-order valence-corrected chi connectivity index (χ0v) is 55.3. The Kier molecular flexibility index (Phi) is 20.0. The van der Waals surface area contributed by atoms with Crippen LogP contribution in [0.1, 0.15) is 140 Å². The van der Waals surface area contributed by atoms with E-state index in [0.29, 0.717) is 74.4 Å². The summed E-state index contributed by atoms with van der Waals surface area (Å²) in [7, 11) is 0. The van der Waals surface area contributed by atoms with Gasteiger partial charge in [-0.15, -0.1) is 17.8 Å². The topological polar surface area (TPSA) is 239 Å². The molecule has 2 bridgehead atoms. The summed E-state index contributed by atoms with van der Waals surface area (Å²) in [6.07, 6.45) is 16.2. The number of likely N-dealkylation sites (tertiary alicyclic amines) is 2. The van der Waals surface area contributed by atoms with Crippen molar-refractivity contribution >= 4 is 68.4 Å². The van der Waals surface area contributed by atoms with Crippen LogP contribution in [0.2, 0.25) is 0 Å². The lowest BCUT2D eigenvalue weighted by molar-refractivity contribution is -0.145. The average molecular weight is 1320 g/mol. The molecule has 7 atom stereocenters. The number of benzene rings is 3. The second-order valence-electron chi connectivity index (χ2n) is 27.8. The normalized spacial score (nSPS) is 21.7. The van der Waals surface area contributed by atoms with Crippen LogP contribution in [-0.2, 0) is 24.0 Å². The van der Waals surface area contributed by atoms with E-state index in [1.54, 1.807) is 37.4 Å². The van der Waals surface area contributed by atoms with Crippen LogP contribution < -0.4 is 25.6 Å². The van der Waals surface area contributed by atoms with Gasteiger partial charge in [0.15, 0.2) is 11.5 Å². The molecular weight excluding hydrogens is 1240 g/mol. The Bertz CT molecular complexity index is 3890. The van der Waals surface area contributed by atoms with Crippen molar-refractivity contribution in [1.82, 2.24) is 55.5 Å². The van der Waals surface area contributed by atoms with E-state index >= 15 is 8.78 Å². The number of aliphatic hydroxyl groups excluding tert-OH is 1. The molecule has 5 N–H and O–H groups in total. The molecule has 95 heavy (non-hydrogen) atoms. The zero-order valence-electron chi connectivity index (χ0n) is 54.5. The molecule has 5 aliphatic heterocycles. The van der Waals surface area contributed by atoms with Gasteiger partial charge in [-0.1, -0.05) is 89.1 Å². The van der Waals surface area contributed by atoms with E-state index in [1.807, 2.05) is 36.1 Å². The molecule has 504 valence electrons. The van der Waals surface area contributed by atoms with E-state index in [1.165, 1.54) is 40.5 Å². The number of nitrogens with zero attached hydrogens (tertiary/aromatic N) is 9. The van der Waals surface area contributed by atoms with Crippen molar-refractivity contribution in [2.24, 2.45) is 5.41 Å². The van der Waals surface area contributed by atoms with Crippen molar-refractivity contribution < 1.29 is 52.1 Å². The van der Waals surface area contributed by atoms with Crippen molar-refractivity contribution in [2.45, 2.75) is 172 Å². The lowest BCUT2D eigenvalue weighted by Gasteiger charge is -2.36. The Labute approximate surface area is 555 Å². The number of phenols is 1. The number of nitrogens with one attached hydrogen (secondary N) is 3. The first-order valence-corrected chi connectivity index (χ1v) is 34.5. The van der Waals surface area contributed by atoms with Gasteiger partial charge < -0.3 is 50.5 Å². The van der Waals surface area contributed by atoms with Crippen molar-refractivity contribution in [3.05, 3.63) is 88.7 Å². The minimum absolute atomic E-state index is 0.0113. The first-order chi connectivity index (χ1) is 45.6. The largest absolute Gasteiger partial charge is 0.508 e. The number of unbranched alkanes of at least 4 members (excludes halogenated alkanes) is 6. The predicted octanol–water partition coefficient (Wildman–Crippen LogP) is 8.67. The molecule has 8 heterocycles. The number of aliphatic hydroxyl groups is 1.